The van der Waals surface area contributed by atoms with E-state index in [-0.39, 0.29) is 17.9 Å². The molecule has 0 radical (unpaired) electrons. The first-order valence-electron chi connectivity index (χ1n) is 5.98. The second-order valence-electron chi connectivity index (χ2n) is 4.86. The van der Waals surface area contributed by atoms with Crippen LogP contribution < -0.4 is 11.1 Å². The van der Waals surface area contributed by atoms with Gasteiger partial charge in [0.15, 0.2) is 0 Å². The maximum absolute atomic E-state index is 12.0. The van der Waals surface area contributed by atoms with Crippen LogP contribution in [0.2, 0.25) is 0 Å². The molecular weight excluding hydrogens is 202 g/mol. The van der Waals surface area contributed by atoms with Crippen LogP contribution in [-0.4, -0.2) is 18.5 Å². The molecule has 0 bridgehead atoms. The zero-order chi connectivity index (χ0) is 12.2. The zero-order valence-corrected chi connectivity index (χ0v) is 10.1. The average Bonchev–Trinajstić information content (AvgIpc) is 2.75. The van der Waals surface area contributed by atoms with Gasteiger partial charge in [-0.3, -0.25) is 4.79 Å². The summed E-state index contributed by atoms with van der Waals surface area (Å²) in [6.45, 7) is 4.18. The summed E-state index contributed by atoms with van der Waals surface area (Å²) in [5.74, 6) is -0.0347. The number of nitrogens with one attached hydrogen (secondary N) is 1. The van der Waals surface area contributed by atoms with Gasteiger partial charge in [0.05, 0.1) is 17.4 Å². The molecule has 3 atom stereocenters. The molecule has 0 spiro atoms. The van der Waals surface area contributed by atoms with E-state index in [9.17, 15) is 4.79 Å². The first kappa shape index (κ1) is 13.0. The van der Waals surface area contributed by atoms with Gasteiger partial charge in [-0.25, -0.2) is 0 Å². The summed E-state index contributed by atoms with van der Waals surface area (Å²) in [6.07, 6.45) is 3.55. The van der Waals surface area contributed by atoms with E-state index in [0.29, 0.717) is 6.54 Å². The van der Waals surface area contributed by atoms with Crippen LogP contribution in [0.25, 0.3) is 0 Å². The fourth-order valence-corrected chi connectivity index (χ4v) is 2.03. The molecule has 16 heavy (non-hydrogen) atoms. The molecule has 3 N–H and O–H groups in total. The largest absolute Gasteiger partial charge is 0.352 e. The number of nitrogens with two attached hydrogens (primary N) is 1. The molecule has 4 nitrogen and oxygen atoms in total. The highest BCUT2D eigenvalue weighted by atomic mass is 16.2. The van der Waals surface area contributed by atoms with Crippen molar-refractivity contribution in [2.45, 2.75) is 45.6 Å². The van der Waals surface area contributed by atoms with Gasteiger partial charge in [0.2, 0.25) is 5.91 Å². The Balaban J connectivity index is 2.61. The van der Waals surface area contributed by atoms with Crippen molar-refractivity contribution in [2.24, 2.45) is 17.1 Å². The smallest absolute Gasteiger partial charge is 0.227 e. The molecule has 0 saturated heterocycles. The van der Waals surface area contributed by atoms with Gasteiger partial charge in [-0.15, -0.1) is 0 Å². The minimum Gasteiger partial charge on any atom is -0.352 e. The molecule has 1 aliphatic carbocycles. The highest BCUT2D eigenvalue weighted by Gasteiger charge is 2.35. The Morgan fingerprint density at radius 3 is 2.81 bits per heavy atom. The topological polar surface area (TPSA) is 78.9 Å². The number of rotatable bonds is 4. The number of carbonyl (C=O) groups is 1. The standard InChI is InChI=1S/C12H21N3O/c1-3-12(2,8-14)11(16)15-10-6-4-5-9(10)7-13/h9-10H,3-6,8,14H2,1-2H3,(H,15,16). The van der Waals surface area contributed by atoms with Crippen molar-refractivity contribution >= 4 is 5.91 Å². The third kappa shape index (κ3) is 2.53. The Morgan fingerprint density at radius 2 is 2.31 bits per heavy atom. The van der Waals surface area contributed by atoms with Crippen molar-refractivity contribution in [3.8, 4) is 6.07 Å². The third-order valence-corrected chi connectivity index (χ3v) is 3.78. The highest BCUT2D eigenvalue weighted by Crippen LogP contribution is 2.27. The van der Waals surface area contributed by atoms with Gasteiger partial charge in [0.1, 0.15) is 0 Å². The molecule has 1 rings (SSSR count). The minimum absolute atomic E-state index is 0.00958. The summed E-state index contributed by atoms with van der Waals surface area (Å²) < 4.78 is 0. The summed E-state index contributed by atoms with van der Waals surface area (Å²) in [6, 6.07) is 2.28. The van der Waals surface area contributed by atoms with Crippen LogP contribution in [0, 0.1) is 22.7 Å². The van der Waals surface area contributed by atoms with Crippen molar-refractivity contribution in [3.63, 3.8) is 0 Å². The molecular formula is C12H21N3O. The van der Waals surface area contributed by atoms with E-state index in [4.69, 9.17) is 11.0 Å². The molecule has 1 saturated carbocycles. The lowest BCUT2D eigenvalue weighted by Gasteiger charge is -2.28. The molecule has 4 heteroatoms. The van der Waals surface area contributed by atoms with Gasteiger partial charge >= 0.3 is 0 Å². The Morgan fingerprint density at radius 1 is 1.62 bits per heavy atom. The van der Waals surface area contributed by atoms with E-state index in [0.717, 1.165) is 25.7 Å². The molecule has 1 fully saturated rings. The number of carbonyl (C=O) groups excluding carboxylic acids is 1. The summed E-state index contributed by atoms with van der Waals surface area (Å²) in [7, 11) is 0. The van der Waals surface area contributed by atoms with E-state index in [1.54, 1.807) is 0 Å². The molecule has 0 aromatic carbocycles. The SMILES string of the molecule is CCC(C)(CN)C(=O)NC1CCCC1C#N. The van der Waals surface area contributed by atoms with Crippen molar-refractivity contribution < 1.29 is 4.79 Å². The zero-order valence-electron chi connectivity index (χ0n) is 10.1. The monoisotopic (exact) mass is 223 g/mol. The fourth-order valence-electron chi connectivity index (χ4n) is 2.03. The van der Waals surface area contributed by atoms with Crippen LogP contribution in [0.1, 0.15) is 39.5 Å². The second-order valence-corrected chi connectivity index (χ2v) is 4.86. The van der Waals surface area contributed by atoms with Gasteiger partial charge in [-0.2, -0.15) is 5.26 Å². The van der Waals surface area contributed by atoms with E-state index >= 15 is 0 Å². The first-order valence-corrected chi connectivity index (χ1v) is 5.98. The van der Waals surface area contributed by atoms with Crippen molar-refractivity contribution in [2.75, 3.05) is 6.54 Å². The van der Waals surface area contributed by atoms with Gasteiger partial charge < -0.3 is 11.1 Å². The summed E-state index contributed by atoms with van der Waals surface area (Å²) in [4.78, 5) is 12.0. The summed E-state index contributed by atoms with van der Waals surface area (Å²) >= 11 is 0. The number of amides is 1. The molecule has 0 heterocycles. The molecule has 3 unspecified atom stereocenters. The average molecular weight is 223 g/mol. The predicted octanol–water partition coefficient (Wildman–Crippen LogP) is 1.17. The maximum Gasteiger partial charge on any atom is 0.227 e. The van der Waals surface area contributed by atoms with Crippen LogP contribution in [0.15, 0.2) is 0 Å². The van der Waals surface area contributed by atoms with E-state index in [1.165, 1.54) is 0 Å². The van der Waals surface area contributed by atoms with Gasteiger partial charge in [0.25, 0.3) is 0 Å². The van der Waals surface area contributed by atoms with Crippen LogP contribution in [-0.2, 0) is 4.79 Å². The van der Waals surface area contributed by atoms with Crippen molar-refractivity contribution in [1.82, 2.24) is 5.32 Å². The number of nitriles is 1. The van der Waals surface area contributed by atoms with Crippen molar-refractivity contribution in [1.29, 1.82) is 5.26 Å². The van der Waals surface area contributed by atoms with Gasteiger partial charge in [-0.05, 0) is 32.6 Å². The number of hydrogen-bond donors (Lipinski definition) is 2. The highest BCUT2D eigenvalue weighted by molar-refractivity contribution is 5.82. The van der Waals surface area contributed by atoms with Gasteiger partial charge in [0, 0.05) is 12.6 Å². The molecule has 90 valence electrons. The van der Waals surface area contributed by atoms with Crippen LogP contribution in [0.3, 0.4) is 0 Å². The molecule has 0 aromatic heterocycles. The lowest BCUT2D eigenvalue weighted by molar-refractivity contribution is -0.130. The van der Waals surface area contributed by atoms with Crippen molar-refractivity contribution in [3.05, 3.63) is 0 Å². The number of hydrogen-bond acceptors (Lipinski definition) is 3. The Hall–Kier alpha value is -1.08. The molecule has 1 aliphatic rings. The molecule has 0 aliphatic heterocycles. The van der Waals surface area contributed by atoms with Gasteiger partial charge in [-0.1, -0.05) is 6.92 Å². The van der Waals surface area contributed by atoms with Crippen LogP contribution >= 0.6 is 0 Å². The quantitative estimate of drug-likeness (QED) is 0.751. The summed E-state index contributed by atoms with van der Waals surface area (Å²) in [5, 5.41) is 11.9. The lowest BCUT2D eigenvalue weighted by atomic mass is 9.86. The Labute approximate surface area is 97.2 Å². The molecule has 1 amide bonds. The normalized spacial score (nSPS) is 28.1. The lowest BCUT2D eigenvalue weighted by Crippen LogP contribution is -2.48. The summed E-state index contributed by atoms with van der Waals surface area (Å²) in [5.41, 5.74) is 5.14. The minimum atomic E-state index is -0.497. The fraction of sp³-hybridized carbons (Fsp3) is 0.833. The number of nitrogens with zero attached hydrogens (tertiary/aromatic N) is 1. The van der Waals surface area contributed by atoms with E-state index in [2.05, 4.69) is 11.4 Å². The predicted molar refractivity (Wildman–Crippen MR) is 62.3 cm³/mol. The van der Waals surface area contributed by atoms with E-state index in [1.807, 2.05) is 13.8 Å². The Bertz CT molecular complexity index is 291. The Kier molecular flexibility index (Phi) is 4.31. The second kappa shape index (κ2) is 5.31. The third-order valence-electron chi connectivity index (χ3n) is 3.78. The van der Waals surface area contributed by atoms with Crippen LogP contribution in [0.5, 0.6) is 0 Å². The van der Waals surface area contributed by atoms with Crippen LogP contribution in [0.4, 0.5) is 0 Å². The maximum atomic E-state index is 12.0. The molecule has 0 aromatic rings. The first-order chi connectivity index (χ1) is 7.57. The van der Waals surface area contributed by atoms with E-state index < -0.39 is 5.41 Å².